The Hall–Kier alpha value is 0.423. The van der Waals surface area contributed by atoms with Gasteiger partial charge in [-0.2, -0.15) is 0 Å². The van der Waals surface area contributed by atoms with Crippen molar-refractivity contribution < 1.29 is 48.0 Å². The Labute approximate surface area is 167 Å². The van der Waals surface area contributed by atoms with Gasteiger partial charge in [-0.1, -0.05) is 0 Å². The largest absolute Gasteiger partial charge is 1.00 e. The summed E-state index contributed by atoms with van der Waals surface area (Å²) in [5.74, 6) is 0. The molecule has 23 heavy (non-hydrogen) atoms. The van der Waals surface area contributed by atoms with Crippen LogP contribution in [0.3, 0.4) is 0 Å². The molecule has 128 valence electrons. The Morgan fingerprint density at radius 3 is 1.52 bits per heavy atom. The standard InChI is InChI=1S/2C10H15.2ClH.Zr/c2*1-3-4-7-10-8-5-6-9(10)2;;;/h2*5H,3-4,6-7H2,1-2H3;2*1H;/q;;;;+2/p-2. The van der Waals surface area contributed by atoms with Gasteiger partial charge in [0.05, 0.1) is 0 Å². The third-order valence-corrected chi connectivity index (χ3v) is 8.55. The third-order valence-electron chi connectivity index (χ3n) is 4.74. The SMILES string of the molecule is CCCCC1=C(C)CC=[C]1[Zr+2][C]1=CCC(C)=C1CCCC.[Cl-].[Cl-]. The van der Waals surface area contributed by atoms with Crippen LogP contribution in [0.25, 0.3) is 0 Å². The Morgan fingerprint density at radius 2 is 1.17 bits per heavy atom. The Morgan fingerprint density at radius 1 is 0.783 bits per heavy atom. The van der Waals surface area contributed by atoms with Crippen LogP contribution in [0, 0.1) is 0 Å². The van der Waals surface area contributed by atoms with Crippen molar-refractivity contribution >= 4 is 0 Å². The van der Waals surface area contributed by atoms with Gasteiger partial charge < -0.3 is 24.8 Å². The zero-order valence-corrected chi connectivity index (χ0v) is 19.0. The van der Waals surface area contributed by atoms with E-state index in [1.165, 1.54) is 51.4 Å². The molecule has 0 amide bonds. The minimum atomic E-state index is -0.564. The maximum atomic E-state index is 2.57. The monoisotopic (exact) mass is 430 g/mol. The molecule has 0 atom stereocenters. The summed E-state index contributed by atoms with van der Waals surface area (Å²) >= 11 is -0.564. The minimum Gasteiger partial charge on any atom is -1.00 e. The molecule has 2 aliphatic carbocycles. The first-order valence-corrected chi connectivity index (χ1v) is 11.2. The van der Waals surface area contributed by atoms with Crippen molar-refractivity contribution in [2.75, 3.05) is 0 Å². The predicted molar refractivity (Wildman–Crippen MR) is 89.9 cm³/mol. The molecule has 2 rings (SSSR count). The summed E-state index contributed by atoms with van der Waals surface area (Å²) in [6.45, 7) is 9.33. The first-order chi connectivity index (χ1) is 10.2. The first-order valence-electron chi connectivity index (χ1n) is 8.72. The van der Waals surface area contributed by atoms with E-state index < -0.39 is 23.2 Å². The third kappa shape index (κ3) is 6.34. The molecule has 0 bridgehead atoms. The van der Waals surface area contributed by atoms with E-state index in [0.29, 0.717) is 0 Å². The van der Waals surface area contributed by atoms with Gasteiger partial charge in [0.25, 0.3) is 0 Å². The smallest absolute Gasteiger partial charge is 1.00 e. The van der Waals surface area contributed by atoms with Gasteiger partial charge in [0.1, 0.15) is 0 Å². The summed E-state index contributed by atoms with van der Waals surface area (Å²) < 4.78 is 3.61. The molecule has 2 aliphatic rings. The maximum Gasteiger partial charge on any atom is -1.00 e. The van der Waals surface area contributed by atoms with Gasteiger partial charge in [-0.05, 0) is 0 Å². The second kappa shape index (κ2) is 11.9. The molecule has 0 nitrogen and oxygen atoms in total. The molecule has 0 N–H and O–H groups in total. The molecule has 0 fully saturated rings. The predicted octanol–water partition coefficient (Wildman–Crippen LogP) is 0.666. The van der Waals surface area contributed by atoms with Crippen LogP contribution in [0.5, 0.6) is 0 Å². The molecule has 0 aromatic rings. The molecule has 0 radical (unpaired) electrons. The van der Waals surface area contributed by atoms with E-state index in [1.54, 1.807) is 28.9 Å². The van der Waals surface area contributed by atoms with Crippen LogP contribution in [0.1, 0.15) is 79.1 Å². The summed E-state index contributed by atoms with van der Waals surface area (Å²) in [4.78, 5) is 0. The van der Waals surface area contributed by atoms with E-state index in [0.717, 1.165) is 0 Å². The van der Waals surface area contributed by atoms with Gasteiger partial charge in [-0.3, -0.25) is 0 Å². The van der Waals surface area contributed by atoms with Gasteiger partial charge in [0.15, 0.2) is 0 Å². The molecule has 0 saturated carbocycles. The van der Waals surface area contributed by atoms with Crippen LogP contribution in [0.2, 0.25) is 0 Å². The average molecular weight is 433 g/mol. The number of hydrogen-bond donors (Lipinski definition) is 0. The Kier molecular flexibility index (Phi) is 12.1. The van der Waals surface area contributed by atoms with Crippen LogP contribution in [-0.4, -0.2) is 0 Å². The number of hydrogen-bond acceptors (Lipinski definition) is 0. The fourth-order valence-electron chi connectivity index (χ4n) is 3.26. The summed E-state index contributed by atoms with van der Waals surface area (Å²) in [6, 6.07) is 0. The van der Waals surface area contributed by atoms with E-state index in [-0.39, 0.29) is 24.8 Å². The van der Waals surface area contributed by atoms with Crippen molar-refractivity contribution in [3.8, 4) is 0 Å². The van der Waals surface area contributed by atoms with E-state index in [9.17, 15) is 0 Å². The van der Waals surface area contributed by atoms with E-state index >= 15 is 0 Å². The van der Waals surface area contributed by atoms with Crippen molar-refractivity contribution in [2.45, 2.75) is 79.1 Å². The molecular weight excluding hydrogens is 402 g/mol. The molecule has 0 saturated heterocycles. The summed E-state index contributed by atoms with van der Waals surface area (Å²) in [5.41, 5.74) is 6.83. The van der Waals surface area contributed by atoms with Gasteiger partial charge in [0, 0.05) is 0 Å². The fourth-order valence-corrected chi connectivity index (χ4v) is 7.39. The zero-order chi connectivity index (χ0) is 15.2. The molecular formula is C20H30Cl2Zr. The Bertz CT molecular complexity index is 464. The second-order valence-corrected chi connectivity index (χ2v) is 9.76. The van der Waals surface area contributed by atoms with Crippen molar-refractivity contribution in [2.24, 2.45) is 0 Å². The Balaban J connectivity index is 0.00000242. The van der Waals surface area contributed by atoms with E-state index in [2.05, 4.69) is 39.8 Å². The quantitative estimate of drug-likeness (QED) is 0.529. The van der Waals surface area contributed by atoms with Crippen molar-refractivity contribution in [1.82, 2.24) is 0 Å². The van der Waals surface area contributed by atoms with Gasteiger partial charge in [-0.25, -0.2) is 0 Å². The zero-order valence-electron chi connectivity index (χ0n) is 15.1. The average Bonchev–Trinajstić information content (AvgIpc) is 2.99. The molecule has 0 aromatic heterocycles. The van der Waals surface area contributed by atoms with Crippen molar-refractivity contribution in [3.05, 3.63) is 41.0 Å². The van der Waals surface area contributed by atoms with Crippen molar-refractivity contribution in [3.63, 3.8) is 0 Å². The number of halogens is 2. The normalized spacial score (nSPS) is 16.7. The molecule has 0 heterocycles. The first kappa shape index (κ1) is 23.4. The summed E-state index contributed by atoms with van der Waals surface area (Å²) in [5, 5.41) is 0. The van der Waals surface area contributed by atoms with Crippen LogP contribution in [0.15, 0.2) is 41.0 Å². The molecule has 0 unspecified atom stereocenters. The van der Waals surface area contributed by atoms with Gasteiger partial charge in [-0.15, -0.1) is 0 Å². The second-order valence-electron chi connectivity index (χ2n) is 6.49. The van der Waals surface area contributed by atoms with Crippen LogP contribution < -0.4 is 24.8 Å². The summed E-state index contributed by atoms with van der Waals surface area (Å²) in [7, 11) is 0. The van der Waals surface area contributed by atoms with Gasteiger partial charge >= 0.3 is 143 Å². The minimum absolute atomic E-state index is 0. The topological polar surface area (TPSA) is 0 Å². The molecule has 3 heteroatoms. The fraction of sp³-hybridized carbons (Fsp3) is 0.600. The molecule has 0 aliphatic heterocycles. The number of allylic oxidation sites excluding steroid dienone is 8. The van der Waals surface area contributed by atoms with Crippen LogP contribution >= 0.6 is 0 Å². The van der Waals surface area contributed by atoms with E-state index in [4.69, 9.17) is 0 Å². The van der Waals surface area contributed by atoms with Gasteiger partial charge in [0.2, 0.25) is 0 Å². The number of rotatable bonds is 8. The number of unbranched alkanes of at least 4 members (excludes halogenated alkanes) is 2. The molecule has 0 aromatic carbocycles. The van der Waals surface area contributed by atoms with Crippen molar-refractivity contribution in [1.29, 1.82) is 0 Å². The summed E-state index contributed by atoms with van der Waals surface area (Å²) in [6.07, 6.45) is 15.6. The van der Waals surface area contributed by atoms with Crippen LogP contribution in [0.4, 0.5) is 0 Å². The van der Waals surface area contributed by atoms with E-state index in [1.807, 2.05) is 0 Å². The maximum absolute atomic E-state index is 2.57. The molecule has 0 spiro atoms. The van der Waals surface area contributed by atoms with Crippen LogP contribution in [-0.2, 0) is 23.2 Å².